The molecule has 3 rings (SSSR count). The standard InChI is InChI=1S/C13H19N3O4S/c1-10-14-6-9-16(10)13(12(17)18)4-7-15(8-5-13)21(19,20)11-2-3-11/h6,9,11H,2-5,7-8H2,1H3,(H,17,18). The van der Waals surface area contributed by atoms with Crippen LogP contribution in [-0.2, 0) is 20.4 Å². The van der Waals surface area contributed by atoms with Gasteiger partial charge in [0.2, 0.25) is 10.0 Å². The van der Waals surface area contributed by atoms with Gasteiger partial charge in [-0.2, -0.15) is 0 Å². The van der Waals surface area contributed by atoms with Gasteiger partial charge in [-0.25, -0.2) is 22.5 Å². The zero-order chi connectivity index (χ0) is 15.3. The second kappa shape index (κ2) is 4.81. The third-order valence-corrected chi connectivity index (χ3v) is 6.94. The van der Waals surface area contributed by atoms with E-state index in [2.05, 4.69) is 4.98 Å². The van der Waals surface area contributed by atoms with Gasteiger partial charge in [0.05, 0.1) is 5.25 Å². The van der Waals surface area contributed by atoms with Crippen LogP contribution < -0.4 is 0 Å². The molecule has 1 aromatic rings. The molecule has 0 unspecified atom stereocenters. The highest BCUT2D eigenvalue weighted by Gasteiger charge is 2.48. The number of hydrogen-bond donors (Lipinski definition) is 1. The monoisotopic (exact) mass is 313 g/mol. The number of piperidine rings is 1. The molecule has 1 aliphatic heterocycles. The van der Waals surface area contributed by atoms with Gasteiger partial charge in [0.25, 0.3) is 0 Å². The number of aliphatic carboxylic acids is 1. The predicted molar refractivity (Wildman–Crippen MR) is 75.3 cm³/mol. The van der Waals surface area contributed by atoms with E-state index < -0.39 is 21.5 Å². The first-order valence-corrected chi connectivity index (χ1v) is 8.61. The number of carboxylic acids is 1. The second-order valence-electron chi connectivity index (χ2n) is 5.82. The maximum Gasteiger partial charge on any atom is 0.330 e. The van der Waals surface area contributed by atoms with Gasteiger partial charge in [-0.15, -0.1) is 0 Å². The van der Waals surface area contributed by atoms with E-state index in [1.165, 1.54) is 4.31 Å². The van der Waals surface area contributed by atoms with Gasteiger partial charge >= 0.3 is 5.97 Å². The average molecular weight is 313 g/mol. The van der Waals surface area contributed by atoms with Gasteiger partial charge in [0, 0.05) is 25.5 Å². The molecule has 8 heteroatoms. The highest BCUT2D eigenvalue weighted by molar-refractivity contribution is 7.90. The minimum atomic E-state index is -3.23. The Morgan fingerprint density at radius 1 is 1.38 bits per heavy atom. The molecule has 0 aromatic carbocycles. The summed E-state index contributed by atoms with van der Waals surface area (Å²) in [6.07, 6.45) is 5.23. The smallest absolute Gasteiger partial charge is 0.330 e. The third kappa shape index (κ3) is 2.26. The molecular formula is C13H19N3O4S. The largest absolute Gasteiger partial charge is 0.479 e. The van der Waals surface area contributed by atoms with Crippen molar-refractivity contribution in [1.82, 2.24) is 13.9 Å². The van der Waals surface area contributed by atoms with E-state index in [-0.39, 0.29) is 31.2 Å². The van der Waals surface area contributed by atoms with Gasteiger partial charge in [-0.3, -0.25) is 0 Å². The molecule has 1 saturated heterocycles. The first kappa shape index (κ1) is 14.5. The van der Waals surface area contributed by atoms with Crippen molar-refractivity contribution in [2.45, 2.75) is 43.4 Å². The minimum Gasteiger partial charge on any atom is -0.479 e. The van der Waals surface area contributed by atoms with Crippen molar-refractivity contribution in [3.8, 4) is 0 Å². The molecular weight excluding hydrogens is 294 g/mol. The van der Waals surface area contributed by atoms with Gasteiger partial charge < -0.3 is 9.67 Å². The van der Waals surface area contributed by atoms with Crippen molar-refractivity contribution in [2.24, 2.45) is 0 Å². The van der Waals surface area contributed by atoms with Gasteiger partial charge in [-0.1, -0.05) is 0 Å². The van der Waals surface area contributed by atoms with E-state index in [1.807, 2.05) is 0 Å². The SMILES string of the molecule is Cc1nccn1C1(C(=O)O)CCN(S(=O)(=O)C2CC2)CC1. The lowest BCUT2D eigenvalue weighted by molar-refractivity contribution is -0.150. The topological polar surface area (TPSA) is 92.5 Å². The van der Waals surface area contributed by atoms with E-state index in [9.17, 15) is 18.3 Å². The van der Waals surface area contributed by atoms with Gasteiger partial charge in [0.1, 0.15) is 11.4 Å². The van der Waals surface area contributed by atoms with Gasteiger partial charge in [0.15, 0.2) is 0 Å². The fourth-order valence-corrected chi connectivity index (χ4v) is 4.92. The predicted octanol–water partition coefficient (Wildman–Crippen LogP) is 0.559. The zero-order valence-corrected chi connectivity index (χ0v) is 12.7. The van der Waals surface area contributed by atoms with Gasteiger partial charge in [-0.05, 0) is 32.6 Å². The van der Waals surface area contributed by atoms with Crippen LogP contribution in [0.5, 0.6) is 0 Å². The Balaban J connectivity index is 1.84. The maximum atomic E-state index is 12.2. The maximum absolute atomic E-state index is 12.2. The number of carboxylic acid groups (broad SMARTS) is 1. The molecule has 2 aliphatic rings. The number of imidazole rings is 1. The van der Waals surface area contributed by atoms with Crippen molar-refractivity contribution >= 4 is 16.0 Å². The molecule has 0 spiro atoms. The number of aryl methyl sites for hydroxylation is 1. The Morgan fingerprint density at radius 3 is 2.43 bits per heavy atom. The Labute approximate surface area is 123 Å². The molecule has 1 saturated carbocycles. The lowest BCUT2D eigenvalue weighted by Gasteiger charge is -2.39. The number of rotatable bonds is 4. The van der Waals surface area contributed by atoms with Crippen LogP contribution >= 0.6 is 0 Å². The third-order valence-electron chi connectivity index (χ3n) is 4.54. The zero-order valence-electron chi connectivity index (χ0n) is 11.9. The normalized spacial score (nSPS) is 23.1. The van der Waals surface area contributed by atoms with Crippen LogP contribution in [-0.4, -0.2) is 51.7 Å². The molecule has 2 fully saturated rings. The molecule has 0 radical (unpaired) electrons. The van der Waals surface area contributed by atoms with Crippen molar-refractivity contribution in [2.75, 3.05) is 13.1 Å². The number of aromatic nitrogens is 2. The van der Waals surface area contributed by atoms with E-state index in [4.69, 9.17) is 0 Å². The number of hydrogen-bond acceptors (Lipinski definition) is 4. The van der Waals surface area contributed by atoms with E-state index in [1.54, 1.807) is 23.9 Å². The molecule has 1 N–H and O–H groups in total. The molecule has 0 bridgehead atoms. The summed E-state index contributed by atoms with van der Waals surface area (Å²) in [5, 5.41) is 9.43. The van der Waals surface area contributed by atoms with Crippen LogP contribution in [0.3, 0.4) is 0 Å². The van der Waals surface area contributed by atoms with Crippen molar-refractivity contribution in [3.63, 3.8) is 0 Å². The number of carbonyl (C=O) groups is 1. The van der Waals surface area contributed by atoms with Crippen molar-refractivity contribution in [1.29, 1.82) is 0 Å². The minimum absolute atomic E-state index is 0.246. The van der Waals surface area contributed by atoms with Crippen LogP contribution in [0.1, 0.15) is 31.5 Å². The summed E-state index contributed by atoms with van der Waals surface area (Å²) in [6.45, 7) is 2.27. The van der Waals surface area contributed by atoms with Crippen molar-refractivity contribution < 1.29 is 18.3 Å². The van der Waals surface area contributed by atoms with E-state index in [0.717, 1.165) is 12.8 Å². The number of nitrogens with zero attached hydrogens (tertiary/aromatic N) is 3. The van der Waals surface area contributed by atoms with Crippen LogP contribution in [0.2, 0.25) is 0 Å². The van der Waals surface area contributed by atoms with Crippen molar-refractivity contribution in [3.05, 3.63) is 18.2 Å². The van der Waals surface area contributed by atoms with Crippen LogP contribution in [0.25, 0.3) is 0 Å². The molecule has 21 heavy (non-hydrogen) atoms. The Bertz CT molecular complexity index is 655. The summed E-state index contributed by atoms with van der Waals surface area (Å²) >= 11 is 0. The summed E-state index contributed by atoms with van der Waals surface area (Å²) in [6, 6.07) is 0. The molecule has 116 valence electrons. The lowest BCUT2D eigenvalue weighted by atomic mass is 9.88. The first-order valence-electron chi connectivity index (χ1n) is 7.11. The molecule has 2 heterocycles. The van der Waals surface area contributed by atoms with E-state index >= 15 is 0 Å². The highest BCUT2D eigenvalue weighted by atomic mass is 32.2. The van der Waals surface area contributed by atoms with Crippen LogP contribution in [0, 0.1) is 6.92 Å². The Morgan fingerprint density at radius 2 is 2.00 bits per heavy atom. The van der Waals surface area contributed by atoms with Crippen LogP contribution in [0.15, 0.2) is 12.4 Å². The summed E-state index contributed by atoms with van der Waals surface area (Å²) in [5.41, 5.74) is -1.09. The van der Waals surface area contributed by atoms with Crippen LogP contribution in [0.4, 0.5) is 0 Å². The number of sulfonamides is 1. The first-order chi connectivity index (χ1) is 9.88. The molecule has 1 aromatic heterocycles. The average Bonchev–Trinajstić information content (AvgIpc) is 3.22. The lowest BCUT2D eigenvalue weighted by Crippen LogP contribution is -2.52. The highest BCUT2D eigenvalue weighted by Crippen LogP contribution is 2.37. The summed E-state index contributed by atoms with van der Waals surface area (Å²) < 4.78 is 27.6. The molecule has 0 atom stereocenters. The van der Waals surface area contributed by atoms with E-state index in [0.29, 0.717) is 5.82 Å². The quantitative estimate of drug-likeness (QED) is 0.877. The fourth-order valence-electron chi connectivity index (χ4n) is 3.08. The fraction of sp³-hybridized carbons (Fsp3) is 0.692. The Hall–Kier alpha value is -1.41. The summed E-state index contributed by atoms with van der Waals surface area (Å²) in [4.78, 5) is 15.9. The summed E-state index contributed by atoms with van der Waals surface area (Å²) in [5.74, 6) is -0.289. The molecule has 1 aliphatic carbocycles. The molecule has 7 nitrogen and oxygen atoms in total. The Kier molecular flexibility index (Phi) is 3.32. The summed E-state index contributed by atoms with van der Waals surface area (Å²) in [7, 11) is -3.23. The molecule has 0 amide bonds. The second-order valence-corrected chi connectivity index (χ2v) is 8.04.